The molecule has 2 amide bonds. The summed E-state index contributed by atoms with van der Waals surface area (Å²) in [5.74, 6) is -0.187. The minimum absolute atomic E-state index is 0.119. The van der Waals surface area contributed by atoms with Gasteiger partial charge in [0.05, 0.1) is 35.0 Å². The Kier molecular flexibility index (Phi) is 9.28. The van der Waals surface area contributed by atoms with Gasteiger partial charge in [-0.1, -0.05) is 36.4 Å². The number of hydrogen-bond donors (Lipinski definition) is 2. The Morgan fingerprint density at radius 1 is 1.04 bits per heavy atom. The molecule has 0 bridgehead atoms. The van der Waals surface area contributed by atoms with Crippen LogP contribution in [0.5, 0.6) is 5.75 Å². The van der Waals surface area contributed by atoms with Crippen LogP contribution in [0.25, 0.3) is 34.4 Å². The maximum absolute atomic E-state index is 14.7. The highest BCUT2D eigenvalue weighted by Gasteiger charge is 2.36. The van der Waals surface area contributed by atoms with E-state index in [1.165, 1.54) is 4.90 Å². The average molecular weight is 640 g/mol. The normalized spacial score (nSPS) is 19.0. The molecule has 2 atom stereocenters. The van der Waals surface area contributed by atoms with Gasteiger partial charge in [0.25, 0.3) is 5.91 Å². The molecule has 2 aromatic carbocycles. The van der Waals surface area contributed by atoms with E-state index in [0.29, 0.717) is 40.2 Å². The Labute approximate surface area is 274 Å². The molecule has 1 unspecified atom stereocenters. The summed E-state index contributed by atoms with van der Waals surface area (Å²) in [6.07, 6.45) is 5.71. The van der Waals surface area contributed by atoms with Crippen molar-refractivity contribution >= 4 is 35.2 Å². The van der Waals surface area contributed by atoms with Crippen LogP contribution in [0.15, 0.2) is 60.7 Å². The highest BCUT2D eigenvalue weighted by molar-refractivity contribution is 6.09. The summed E-state index contributed by atoms with van der Waals surface area (Å²) in [5, 5.41) is 26.0. The van der Waals surface area contributed by atoms with E-state index < -0.39 is 17.7 Å². The number of benzene rings is 2. The van der Waals surface area contributed by atoms with E-state index in [0.717, 1.165) is 24.8 Å². The molecule has 0 radical (unpaired) electrons. The van der Waals surface area contributed by atoms with Crippen LogP contribution in [-0.4, -0.2) is 91.3 Å². The van der Waals surface area contributed by atoms with Crippen LogP contribution in [0.4, 0.5) is 4.79 Å². The van der Waals surface area contributed by atoms with Crippen molar-refractivity contribution in [1.29, 1.82) is 0 Å². The summed E-state index contributed by atoms with van der Waals surface area (Å²) in [5.41, 5.74) is 3.00. The van der Waals surface area contributed by atoms with Crippen LogP contribution in [0, 0.1) is 0 Å². The number of rotatable bonds is 6. The minimum Gasteiger partial charge on any atom is -0.508 e. The molecule has 2 aliphatic heterocycles. The Morgan fingerprint density at radius 3 is 2.49 bits per heavy atom. The second-order valence-corrected chi connectivity index (χ2v) is 13.0. The molecule has 47 heavy (non-hydrogen) atoms. The number of aromatic hydroxyl groups is 1. The SMILES string of the molecule is CC(C)(C)OC(=O)N1CCN(C(=O)c2cc(-c3ccc(O)cc3)nc3c2c(C=Cc2ccccc2)nn3[C@H]2CCCCO2)C(CO)C1. The molecule has 4 heterocycles. The van der Waals surface area contributed by atoms with E-state index >= 15 is 0 Å². The predicted molar refractivity (Wildman–Crippen MR) is 179 cm³/mol. The summed E-state index contributed by atoms with van der Waals surface area (Å²) < 4.78 is 13.5. The number of pyridine rings is 1. The van der Waals surface area contributed by atoms with Crippen molar-refractivity contribution in [1.82, 2.24) is 24.6 Å². The number of amides is 2. The number of phenols is 1. The maximum atomic E-state index is 14.7. The topological polar surface area (TPSA) is 130 Å². The zero-order valence-electron chi connectivity index (χ0n) is 27.0. The van der Waals surface area contributed by atoms with Gasteiger partial charge in [0.1, 0.15) is 11.4 Å². The van der Waals surface area contributed by atoms with Gasteiger partial charge in [-0.3, -0.25) is 4.79 Å². The number of ether oxygens (including phenoxy) is 2. The number of phenolic OH excluding ortho intramolecular Hbond substituents is 1. The largest absolute Gasteiger partial charge is 0.508 e. The molecule has 0 aliphatic carbocycles. The van der Waals surface area contributed by atoms with Gasteiger partial charge in [-0.15, -0.1) is 0 Å². The van der Waals surface area contributed by atoms with E-state index in [1.54, 1.807) is 60.7 Å². The lowest BCUT2D eigenvalue weighted by atomic mass is 10.0. The van der Waals surface area contributed by atoms with Gasteiger partial charge in [0.2, 0.25) is 0 Å². The summed E-state index contributed by atoms with van der Waals surface area (Å²) in [4.78, 5) is 35.7. The fraction of sp³-hybridized carbons (Fsp3) is 0.389. The third kappa shape index (κ3) is 7.16. The standard InChI is InChI=1S/C36H41N5O6/c1-36(2,3)47-35(45)39-18-19-40(26(22-39)23-42)34(44)28-21-30(25-13-15-27(43)16-14-25)37-33-32(28)29(17-12-24-9-5-4-6-10-24)38-41(33)31-11-7-8-20-46-31/h4-6,9-10,12-17,21,26,31,42-43H,7-8,11,18-20,22-23H2,1-3H3/t26?,31-/m1/s1. The van der Waals surface area contributed by atoms with E-state index in [9.17, 15) is 19.8 Å². The molecule has 6 rings (SSSR count). The van der Waals surface area contributed by atoms with Gasteiger partial charge in [0, 0.05) is 31.8 Å². The molecular formula is C36H41N5O6. The second kappa shape index (κ2) is 13.5. The van der Waals surface area contributed by atoms with Gasteiger partial charge in [-0.05, 0) is 82.0 Å². The third-order valence-electron chi connectivity index (χ3n) is 8.35. The van der Waals surface area contributed by atoms with Crippen LogP contribution in [0.3, 0.4) is 0 Å². The fourth-order valence-corrected chi connectivity index (χ4v) is 6.01. The van der Waals surface area contributed by atoms with E-state index in [1.807, 2.05) is 42.5 Å². The number of aliphatic hydroxyl groups excluding tert-OH is 1. The van der Waals surface area contributed by atoms with Crippen molar-refractivity contribution in [2.75, 3.05) is 32.8 Å². The Balaban J connectivity index is 1.47. The van der Waals surface area contributed by atoms with E-state index in [4.69, 9.17) is 19.6 Å². The molecule has 0 spiro atoms. The number of hydrogen-bond acceptors (Lipinski definition) is 8. The monoisotopic (exact) mass is 639 g/mol. The maximum Gasteiger partial charge on any atom is 0.410 e. The highest BCUT2D eigenvalue weighted by Crippen LogP contribution is 2.34. The van der Waals surface area contributed by atoms with Crippen LogP contribution in [0.1, 0.15) is 67.9 Å². The number of carbonyl (C=O) groups is 2. The first-order valence-corrected chi connectivity index (χ1v) is 16.1. The average Bonchev–Trinajstić information content (AvgIpc) is 3.45. The number of carbonyl (C=O) groups excluding carboxylic acids is 2. The molecule has 246 valence electrons. The Bertz CT molecular complexity index is 1760. The summed E-state index contributed by atoms with van der Waals surface area (Å²) in [6.45, 7) is 6.27. The number of aromatic nitrogens is 3. The number of fused-ring (bicyclic) bond motifs is 1. The van der Waals surface area contributed by atoms with Gasteiger partial charge >= 0.3 is 6.09 Å². The van der Waals surface area contributed by atoms with Crippen LogP contribution >= 0.6 is 0 Å². The van der Waals surface area contributed by atoms with Gasteiger partial charge < -0.3 is 29.5 Å². The lowest BCUT2D eigenvalue weighted by molar-refractivity contribution is -0.0370. The van der Waals surface area contributed by atoms with Gasteiger partial charge in [-0.2, -0.15) is 5.10 Å². The first-order valence-electron chi connectivity index (χ1n) is 16.1. The Hall–Kier alpha value is -4.74. The molecule has 2 aromatic heterocycles. The molecule has 4 aromatic rings. The summed E-state index contributed by atoms with van der Waals surface area (Å²) in [7, 11) is 0. The quantitative estimate of drug-likeness (QED) is 0.274. The predicted octanol–water partition coefficient (Wildman–Crippen LogP) is 5.73. The van der Waals surface area contributed by atoms with E-state index in [-0.39, 0.29) is 44.1 Å². The van der Waals surface area contributed by atoms with Gasteiger partial charge in [-0.25, -0.2) is 14.5 Å². The fourth-order valence-electron chi connectivity index (χ4n) is 6.01. The van der Waals surface area contributed by atoms with Crippen LogP contribution in [0.2, 0.25) is 0 Å². The molecule has 2 fully saturated rings. The van der Waals surface area contributed by atoms with Crippen molar-refractivity contribution in [3.8, 4) is 17.0 Å². The molecule has 0 saturated carbocycles. The lowest BCUT2D eigenvalue weighted by Crippen LogP contribution is -2.58. The Morgan fingerprint density at radius 2 is 1.81 bits per heavy atom. The van der Waals surface area contributed by atoms with Crippen molar-refractivity contribution in [2.45, 2.75) is 57.9 Å². The first-order chi connectivity index (χ1) is 22.6. The van der Waals surface area contributed by atoms with Crippen LogP contribution in [-0.2, 0) is 9.47 Å². The number of aliphatic hydroxyl groups is 1. The van der Waals surface area contributed by atoms with Crippen molar-refractivity contribution < 1.29 is 29.3 Å². The third-order valence-corrected chi connectivity index (χ3v) is 8.35. The summed E-state index contributed by atoms with van der Waals surface area (Å²) in [6, 6.07) is 17.6. The van der Waals surface area contributed by atoms with Gasteiger partial charge in [0.15, 0.2) is 11.9 Å². The van der Waals surface area contributed by atoms with Crippen molar-refractivity contribution in [3.05, 3.63) is 77.5 Å². The lowest BCUT2D eigenvalue weighted by Gasteiger charge is -2.41. The molecule has 11 nitrogen and oxygen atoms in total. The van der Waals surface area contributed by atoms with Crippen molar-refractivity contribution in [2.24, 2.45) is 0 Å². The smallest absolute Gasteiger partial charge is 0.410 e. The molecule has 2 saturated heterocycles. The van der Waals surface area contributed by atoms with Crippen molar-refractivity contribution in [3.63, 3.8) is 0 Å². The summed E-state index contributed by atoms with van der Waals surface area (Å²) >= 11 is 0. The zero-order chi connectivity index (χ0) is 33.1. The first kappa shape index (κ1) is 32.2. The highest BCUT2D eigenvalue weighted by atomic mass is 16.6. The number of nitrogens with zero attached hydrogens (tertiary/aromatic N) is 5. The van der Waals surface area contributed by atoms with E-state index in [2.05, 4.69) is 0 Å². The zero-order valence-corrected chi connectivity index (χ0v) is 27.0. The molecule has 11 heteroatoms. The molecule has 2 N–H and O–H groups in total. The second-order valence-electron chi connectivity index (χ2n) is 13.0. The molecular weight excluding hydrogens is 598 g/mol. The van der Waals surface area contributed by atoms with Crippen LogP contribution < -0.4 is 0 Å². The minimum atomic E-state index is -0.669. The number of piperazine rings is 1. The molecule has 2 aliphatic rings.